The van der Waals surface area contributed by atoms with E-state index in [-0.39, 0.29) is 22.6 Å². The van der Waals surface area contributed by atoms with E-state index in [4.69, 9.17) is 10.5 Å². The number of ether oxygens (including phenoxy) is 1. The lowest BCUT2D eigenvalue weighted by Crippen LogP contribution is -2.58. The molecule has 5 N–H and O–H groups in total. The highest BCUT2D eigenvalue weighted by atomic mass is 32.2. The molecule has 12 nitrogen and oxygen atoms in total. The van der Waals surface area contributed by atoms with Crippen molar-refractivity contribution in [1.82, 2.24) is 20.3 Å². The van der Waals surface area contributed by atoms with Gasteiger partial charge in [0, 0.05) is 12.2 Å². The first-order chi connectivity index (χ1) is 19.6. The summed E-state index contributed by atoms with van der Waals surface area (Å²) in [6, 6.07) is 3.78. The van der Waals surface area contributed by atoms with Crippen LogP contribution >= 0.6 is 0 Å². The van der Waals surface area contributed by atoms with Crippen LogP contribution in [-0.2, 0) is 29.1 Å². The Kier molecular flexibility index (Phi) is 9.10. The van der Waals surface area contributed by atoms with Crippen molar-refractivity contribution in [3.63, 3.8) is 0 Å². The van der Waals surface area contributed by atoms with Crippen LogP contribution in [0.2, 0.25) is 0 Å². The lowest BCUT2D eigenvalue weighted by atomic mass is 9.93. The SMILES string of the molecule is CC1CCCCC[C@H](NC(=O)OC(C)(C)C)C(=O)N2CCC[C@H]2C(=O)N[C@]2(C(=O)NS(=O)(=O)c3ccc(N)cc3)CC12. The second-order valence-corrected chi connectivity index (χ2v) is 14.5. The number of carbonyl (C=O) groups is 4. The van der Waals surface area contributed by atoms with E-state index in [2.05, 4.69) is 15.4 Å². The second-order valence-electron chi connectivity index (χ2n) is 12.8. The number of nitrogen functional groups attached to an aromatic ring is 1. The predicted molar refractivity (Wildman–Crippen MR) is 155 cm³/mol. The molecule has 4 rings (SSSR count). The van der Waals surface area contributed by atoms with Crippen molar-refractivity contribution < 1.29 is 32.3 Å². The first-order valence-electron chi connectivity index (χ1n) is 14.7. The van der Waals surface area contributed by atoms with E-state index in [0.717, 1.165) is 19.3 Å². The normalized spacial score (nSPS) is 28.9. The molecule has 0 aromatic heterocycles. The summed E-state index contributed by atoms with van der Waals surface area (Å²) in [5.41, 5.74) is 3.91. The van der Waals surface area contributed by atoms with Crippen molar-refractivity contribution >= 4 is 39.5 Å². The van der Waals surface area contributed by atoms with Crippen LogP contribution in [0.5, 0.6) is 0 Å². The maximum absolute atomic E-state index is 13.7. The van der Waals surface area contributed by atoms with Crippen LogP contribution in [-0.4, -0.2) is 66.9 Å². The molecular formula is C29H43N5O7S. The Bertz CT molecular complexity index is 1310. The number of hydrogen-bond donors (Lipinski definition) is 4. The molecule has 4 amide bonds. The van der Waals surface area contributed by atoms with Gasteiger partial charge in [0.05, 0.1) is 4.90 Å². The van der Waals surface area contributed by atoms with Gasteiger partial charge in [-0.15, -0.1) is 0 Å². The number of nitrogens with one attached hydrogen (secondary N) is 3. The zero-order valence-electron chi connectivity index (χ0n) is 24.8. The van der Waals surface area contributed by atoms with E-state index < -0.39 is 51.2 Å². The minimum absolute atomic E-state index is 0.0372. The lowest BCUT2D eigenvalue weighted by Gasteiger charge is -2.31. The van der Waals surface area contributed by atoms with Gasteiger partial charge in [-0.3, -0.25) is 14.4 Å². The molecule has 2 saturated heterocycles. The molecule has 0 bridgehead atoms. The largest absolute Gasteiger partial charge is 0.444 e. The molecule has 1 aromatic carbocycles. The Balaban J connectivity index is 1.57. The van der Waals surface area contributed by atoms with Crippen molar-refractivity contribution in [2.45, 2.75) is 107 Å². The van der Waals surface area contributed by atoms with Gasteiger partial charge < -0.3 is 26.0 Å². The fourth-order valence-corrected chi connectivity index (χ4v) is 7.10. The van der Waals surface area contributed by atoms with Crippen molar-refractivity contribution in [1.29, 1.82) is 0 Å². The molecule has 232 valence electrons. The predicted octanol–water partition coefficient (Wildman–Crippen LogP) is 2.43. The van der Waals surface area contributed by atoms with Crippen molar-refractivity contribution in [2.24, 2.45) is 11.8 Å². The Labute approximate surface area is 247 Å². The monoisotopic (exact) mass is 605 g/mol. The highest BCUT2D eigenvalue weighted by Crippen LogP contribution is 2.50. The summed E-state index contributed by atoms with van der Waals surface area (Å²) in [4.78, 5) is 54.9. The molecule has 2 heterocycles. The molecule has 0 spiro atoms. The van der Waals surface area contributed by atoms with Crippen LogP contribution in [0.4, 0.5) is 10.5 Å². The first-order valence-corrected chi connectivity index (χ1v) is 16.2. The van der Waals surface area contributed by atoms with Gasteiger partial charge in [-0.25, -0.2) is 17.9 Å². The fourth-order valence-electron chi connectivity index (χ4n) is 6.06. The van der Waals surface area contributed by atoms with Crippen LogP contribution in [0.15, 0.2) is 29.2 Å². The number of nitrogens with two attached hydrogens (primary N) is 1. The number of amides is 4. The van der Waals surface area contributed by atoms with Crippen LogP contribution in [0.1, 0.15) is 79.1 Å². The smallest absolute Gasteiger partial charge is 0.408 e. The van der Waals surface area contributed by atoms with Crippen molar-refractivity contribution in [3.8, 4) is 0 Å². The van der Waals surface area contributed by atoms with Crippen molar-refractivity contribution in [3.05, 3.63) is 24.3 Å². The van der Waals surface area contributed by atoms with Gasteiger partial charge in [-0.2, -0.15) is 0 Å². The lowest BCUT2D eigenvalue weighted by molar-refractivity contribution is -0.141. The van der Waals surface area contributed by atoms with E-state index in [1.165, 1.54) is 29.2 Å². The fraction of sp³-hybridized carbons (Fsp3) is 0.655. The summed E-state index contributed by atoms with van der Waals surface area (Å²) in [6.45, 7) is 7.55. The summed E-state index contributed by atoms with van der Waals surface area (Å²) < 4.78 is 33.6. The molecule has 13 heteroatoms. The summed E-state index contributed by atoms with van der Waals surface area (Å²) >= 11 is 0. The van der Waals surface area contributed by atoms with E-state index in [1.54, 1.807) is 20.8 Å². The van der Waals surface area contributed by atoms with Crippen LogP contribution in [0, 0.1) is 11.8 Å². The summed E-state index contributed by atoms with van der Waals surface area (Å²) in [7, 11) is -4.21. The number of alkyl carbamates (subject to hydrolysis) is 1. The van der Waals surface area contributed by atoms with Gasteiger partial charge in [0.15, 0.2) is 0 Å². The number of rotatable bonds is 4. The molecule has 1 aliphatic carbocycles. The molecule has 1 saturated carbocycles. The average molecular weight is 606 g/mol. The van der Waals surface area contributed by atoms with Gasteiger partial charge in [0.25, 0.3) is 15.9 Å². The summed E-state index contributed by atoms with van der Waals surface area (Å²) in [5, 5.41) is 5.58. The third-order valence-electron chi connectivity index (χ3n) is 8.35. The number of fused-ring (bicyclic) bond motifs is 2. The molecule has 2 unspecified atom stereocenters. The molecule has 5 atom stereocenters. The number of carbonyl (C=O) groups excluding carboxylic acids is 4. The number of sulfonamides is 1. The number of anilines is 1. The molecule has 42 heavy (non-hydrogen) atoms. The van der Waals surface area contributed by atoms with Crippen molar-refractivity contribution in [2.75, 3.05) is 12.3 Å². The number of benzene rings is 1. The van der Waals surface area contributed by atoms with Gasteiger partial charge in [-0.1, -0.05) is 32.6 Å². The third kappa shape index (κ3) is 7.16. The Morgan fingerprint density at radius 2 is 1.71 bits per heavy atom. The second kappa shape index (κ2) is 12.1. The zero-order valence-corrected chi connectivity index (χ0v) is 25.6. The van der Waals surface area contributed by atoms with E-state index in [9.17, 15) is 27.6 Å². The average Bonchev–Trinajstić information content (AvgIpc) is 3.40. The molecule has 3 fully saturated rings. The standard InChI is InChI=1S/C29H43N5O7S/c1-18-9-6-5-7-10-22(31-27(38)41-28(2,3)4)25(36)34-16-8-11-23(34)24(35)32-29(17-21(18)29)26(37)33-42(39,40)20-14-12-19(30)13-15-20/h12-15,18,21-23H,5-11,16-17,30H2,1-4H3,(H,31,38)(H,32,35)(H,33,37)/t18?,21?,22-,23-,29+/m0/s1. The maximum atomic E-state index is 13.7. The minimum Gasteiger partial charge on any atom is -0.444 e. The van der Waals surface area contributed by atoms with Crippen LogP contribution < -0.4 is 21.1 Å². The van der Waals surface area contributed by atoms with Gasteiger partial charge in [0.1, 0.15) is 23.2 Å². The van der Waals surface area contributed by atoms with Gasteiger partial charge in [-0.05, 0) is 82.6 Å². The maximum Gasteiger partial charge on any atom is 0.408 e. The van der Waals surface area contributed by atoms with Gasteiger partial charge in [0.2, 0.25) is 11.8 Å². The highest BCUT2D eigenvalue weighted by Gasteiger charge is 2.64. The summed E-state index contributed by atoms with van der Waals surface area (Å²) in [6.07, 6.45) is 4.03. The molecule has 0 radical (unpaired) electrons. The third-order valence-corrected chi connectivity index (χ3v) is 9.70. The Hall–Kier alpha value is -3.35. The molecule has 3 aliphatic rings. The van der Waals surface area contributed by atoms with Crippen LogP contribution in [0.25, 0.3) is 0 Å². The molecule has 2 aliphatic heterocycles. The Morgan fingerprint density at radius 3 is 2.38 bits per heavy atom. The number of nitrogens with zero attached hydrogens (tertiary/aromatic N) is 1. The number of hydrogen-bond acceptors (Lipinski definition) is 8. The first kappa shape index (κ1) is 31.6. The van der Waals surface area contributed by atoms with E-state index >= 15 is 0 Å². The Morgan fingerprint density at radius 1 is 1.05 bits per heavy atom. The van der Waals surface area contributed by atoms with E-state index in [0.29, 0.717) is 44.3 Å². The highest BCUT2D eigenvalue weighted by molar-refractivity contribution is 7.90. The summed E-state index contributed by atoms with van der Waals surface area (Å²) in [5.74, 6) is -1.89. The minimum atomic E-state index is -4.21. The van der Waals surface area contributed by atoms with Gasteiger partial charge >= 0.3 is 6.09 Å². The molecular weight excluding hydrogens is 562 g/mol. The van der Waals surface area contributed by atoms with Crippen LogP contribution in [0.3, 0.4) is 0 Å². The zero-order chi connectivity index (χ0) is 30.9. The topological polar surface area (TPSA) is 177 Å². The molecule has 1 aromatic rings. The quantitative estimate of drug-likeness (QED) is 0.378. The van der Waals surface area contributed by atoms with E-state index in [1.807, 2.05) is 6.92 Å².